The average Bonchev–Trinajstić information content (AvgIpc) is 2.61. The molecule has 3 heterocycles. The number of hydrogen-bond donors (Lipinski definition) is 0. The SMILES string of the molecule is O=C(C1CCN(c2ncc(Br)cc2C(F)(F)F)CC1)N1CCSCC1. The van der Waals surface area contributed by atoms with Crippen molar-refractivity contribution < 1.29 is 18.0 Å². The van der Waals surface area contributed by atoms with Crippen LogP contribution >= 0.6 is 27.7 Å². The van der Waals surface area contributed by atoms with Gasteiger partial charge in [-0.15, -0.1) is 0 Å². The molecule has 2 saturated heterocycles. The average molecular weight is 438 g/mol. The van der Waals surface area contributed by atoms with Gasteiger partial charge in [-0.1, -0.05) is 0 Å². The number of nitrogens with zero attached hydrogens (tertiary/aromatic N) is 3. The monoisotopic (exact) mass is 437 g/mol. The number of carbonyl (C=O) groups excluding carboxylic acids is 1. The van der Waals surface area contributed by atoms with Crippen LogP contribution in [-0.2, 0) is 11.0 Å². The molecule has 0 unspecified atom stereocenters. The largest absolute Gasteiger partial charge is 0.419 e. The van der Waals surface area contributed by atoms with Crippen molar-refractivity contribution >= 4 is 39.4 Å². The van der Waals surface area contributed by atoms with Crippen molar-refractivity contribution in [2.24, 2.45) is 5.92 Å². The third-order valence-electron chi connectivity index (χ3n) is 4.61. The van der Waals surface area contributed by atoms with Crippen LogP contribution in [0.5, 0.6) is 0 Å². The molecule has 1 amide bonds. The number of rotatable bonds is 2. The molecule has 0 aliphatic carbocycles. The number of anilines is 1. The highest BCUT2D eigenvalue weighted by atomic mass is 79.9. The van der Waals surface area contributed by atoms with E-state index in [1.807, 2.05) is 16.7 Å². The van der Waals surface area contributed by atoms with Crippen molar-refractivity contribution in [1.29, 1.82) is 0 Å². The summed E-state index contributed by atoms with van der Waals surface area (Å²) in [5, 5.41) is 0. The predicted octanol–water partition coefficient (Wildman–Crippen LogP) is 3.65. The third kappa shape index (κ3) is 4.42. The van der Waals surface area contributed by atoms with Crippen molar-refractivity contribution in [2.75, 3.05) is 42.6 Å². The van der Waals surface area contributed by atoms with Gasteiger partial charge in [-0.25, -0.2) is 4.98 Å². The van der Waals surface area contributed by atoms with Crippen LogP contribution in [0.3, 0.4) is 0 Å². The number of hydrogen-bond acceptors (Lipinski definition) is 4. The molecule has 2 fully saturated rings. The van der Waals surface area contributed by atoms with Crippen molar-refractivity contribution in [1.82, 2.24) is 9.88 Å². The zero-order chi connectivity index (χ0) is 18.0. The predicted molar refractivity (Wildman–Crippen MR) is 95.8 cm³/mol. The zero-order valence-electron chi connectivity index (χ0n) is 13.6. The summed E-state index contributed by atoms with van der Waals surface area (Å²) >= 11 is 4.90. The Balaban J connectivity index is 1.67. The fourth-order valence-electron chi connectivity index (χ4n) is 3.27. The maximum absolute atomic E-state index is 13.3. The first-order chi connectivity index (χ1) is 11.9. The van der Waals surface area contributed by atoms with Crippen LogP contribution in [0.1, 0.15) is 18.4 Å². The van der Waals surface area contributed by atoms with E-state index in [4.69, 9.17) is 0 Å². The molecule has 25 heavy (non-hydrogen) atoms. The zero-order valence-corrected chi connectivity index (χ0v) is 16.0. The molecule has 2 aliphatic heterocycles. The maximum Gasteiger partial charge on any atom is 0.419 e. The van der Waals surface area contributed by atoms with Crippen molar-refractivity contribution in [2.45, 2.75) is 19.0 Å². The van der Waals surface area contributed by atoms with E-state index in [0.717, 1.165) is 30.7 Å². The van der Waals surface area contributed by atoms with Crippen LogP contribution in [0.15, 0.2) is 16.7 Å². The van der Waals surface area contributed by atoms with E-state index in [1.165, 1.54) is 6.20 Å². The first kappa shape index (κ1) is 18.8. The quantitative estimate of drug-likeness (QED) is 0.707. The third-order valence-corrected chi connectivity index (χ3v) is 5.98. The van der Waals surface area contributed by atoms with Crippen molar-refractivity contribution in [3.63, 3.8) is 0 Å². The first-order valence-electron chi connectivity index (χ1n) is 8.20. The lowest BCUT2D eigenvalue weighted by molar-refractivity contribution is -0.138. The molecule has 4 nitrogen and oxygen atoms in total. The molecule has 9 heteroatoms. The molecular formula is C16H19BrF3N3OS. The lowest BCUT2D eigenvalue weighted by atomic mass is 9.95. The van der Waals surface area contributed by atoms with Gasteiger partial charge in [0.1, 0.15) is 5.82 Å². The van der Waals surface area contributed by atoms with E-state index in [0.29, 0.717) is 30.4 Å². The molecule has 0 N–H and O–H groups in total. The highest BCUT2D eigenvalue weighted by Crippen LogP contribution is 2.38. The summed E-state index contributed by atoms with van der Waals surface area (Å²) in [7, 11) is 0. The highest BCUT2D eigenvalue weighted by molar-refractivity contribution is 9.10. The molecule has 138 valence electrons. The van der Waals surface area contributed by atoms with Crippen LogP contribution in [0.25, 0.3) is 0 Å². The lowest BCUT2D eigenvalue weighted by Gasteiger charge is -2.36. The summed E-state index contributed by atoms with van der Waals surface area (Å²) in [5.74, 6) is 1.94. The van der Waals surface area contributed by atoms with Gasteiger partial charge in [0, 0.05) is 54.3 Å². The Morgan fingerprint density at radius 1 is 1.20 bits per heavy atom. The van der Waals surface area contributed by atoms with E-state index in [9.17, 15) is 18.0 Å². The Kier molecular flexibility index (Phi) is 5.82. The number of carbonyl (C=O) groups is 1. The van der Waals surface area contributed by atoms with Gasteiger partial charge in [0.15, 0.2) is 0 Å². The normalized spacial score (nSPS) is 20.0. The highest BCUT2D eigenvalue weighted by Gasteiger charge is 2.38. The summed E-state index contributed by atoms with van der Waals surface area (Å²) < 4.78 is 40.1. The summed E-state index contributed by atoms with van der Waals surface area (Å²) in [6, 6.07) is 1.06. The molecule has 0 aromatic carbocycles. The number of halogens is 4. The van der Waals surface area contributed by atoms with Gasteiger partial charge in [0.2, 0.25) is 5.91 Å². The molecule has 0 bridgehead atoms. The number of pyridine rings is 1. The summed E-state index contributed by atoms with van der Waals surface area (Å²) in [6.07, 6.45) is -1.94. The van der Waals surface area contributed by atoms with E-state index in [-0.39, 0.29) is 17.6 Å². The second kappa shape index (κ2) is 7.73. The van der Waals surface area contributed by atoms with Gasteiger partial charge < -0.3 is 9.80 Å². The Bertz CT molecular complexity index is 630. The number of piperidine rings is 1. The Hall–Kier alpha value is -0.960. The lowest BCUT2D eigenvalue weighted by Crippen LogP contribution is -2.45. The van der Waals surface area contributed by atoms with Gasteiger partial charge in [-0.2, -0.15) is 24.9 Å². The molecular weight excluding hydrogens is 419 g/mol. The molecule has 0 atom stereocenters. The van der Waals surface area contributed by atoms with Crippen LogP contribution in [0.4, 0.5) is 19.0 Å². The van der Waals surface area contributed by atoms with Crippen molar-refractivity contribution in [3.05, 3.63) is 22.3 Å². The second-order valence-corrected chi connectivity index (χ2v) is 8.36. The minimum absolute atomic E-state index is 0.0454. The van der Waals surface area contributed by atoms with Gasteiger partial charge in [0.25, 0.3) is 0 Å². The van der Waals surface area contributed by atoms with Gasteiger partial charge >= 0.3 is 6.18 Å². The Labute approximate surface area is 157 Å². The molecule has 1 aromatic heterocycles. The van der Waals surface area contributed by atoms with E-state index >= 15 is 0 Å². The standard InChI is InChI=1S/C16H19BrF3N3OS/c17-12-9-13(16(18,19)20)14(21-10-12)22-3-1-11(2-4-22)15(24)23-5-7-25-8-6-23/h9-11H,1-8H2. The van der Waals surface area contributed by atoms with E-state index < -0.39 is 11.7 Å². The van der Waals surface area contributed by atoms with Crippen LogP contribution in [-0.4, -0.2) is 53.5 Å². The molecule has 0 saturated carbocycles. The summed E-state index contributed by atoms with van der Waals surface area (Å²) in [6.45, 7) is 2.37. The second-order valence-electron chi connectivity index (χ2n) is 6.22. The summed E-state index contributed by atoms with van der Waals surface area (Å²) in [4.78, 5) is 20.1. The van der Waals surface area contributed by atoms with Gasteiger partial charge in [0.05, 0.1) is 5.56 Å². The Morgan fingerprint density at radius 3 is 2.44 bits per heavy atom. The molecule has 3 rings (SSSR count). The molecule has 0 radical (unpaired) electrons. The maximum atomic E-state index is 13.3. The van der Waals surface area contributed by atoms with Crippen LogP contribution in [0.2, 0.25) is 0 Å². The topological polar surface area (TPSA) is 36.4 Å². The van der Waals surface area contributed by atoms with Gasteiger partial charge in [-0.3, -0.25) is 4.79 Å². The van der Waals surface area contributed by atoms with E-state index in [1.54, 1.807) is 4.90 Å². The number of alkyl halides is 3. The first-order valence-corrected chi connectivity index (χ1v) is 10.2. The molecule has 2 aliphatic rings. The Morgan fingerprint density at radius 2 is 1.84 bits per heavy atom. The van der Waals surface area contributed by atoms with Crippen LogP contribution in [0, 0.1) is 5.92 Å². The molecule has 0 spiro atoms. The minimum atomic E-state index is -4.45. The van der Waals surface area contributed by atoms with Crippen LogP contribution < -0.4 is 4.90 Å². The summed E-state index contributed by atoms with van der Waals surface area (Å²) in [5.41, 5.74) is -0.736. The van der Waals surface area contributed by atoms with Gasteiger partial charge in [-0.05, 0) is 34.8 Å². The smallest absolute Gasteiger partial charge is 0.356 e. The molecule has 1 aromatic rings. The number of amides is 1. The fourth-order valence-corrected chi connectivity index (χ4v) is 4.51. The fraction of sp³-hybridized carbons (Fsp3) is 0.625. The number of aromatic nitrogens is 1. The van der Waals surface area contributed by atoms with Crippen molar-refractivity contribution in [3.8, 4) is 0 Å². The van der Waals surface area contributed by atoms with E-state index in [2.05, 4.69) is 20.9 Å². The number of thioether (sulfide) groups is 1. The minimum Gasteiger partial charge on any atom is -0.356 e.